The molecule has 0 amide bonds. The Morgan fingerprint density at radius 2 is 0.930 bits per heavy atom. The summed E-state index contributed by atoms with van der Waals surface area (Å²) in [5.41, 5.74) is 3.66. The summed E-state index contributed by atoms with van der Waals surface area (Å²) >= 11 is 1.60. The smallest absolute Gasteiger partial charge is 0.333 e. The Bertz CT molecular complexity index is 1180. The average Bonchev–Trinajstić information content (AvgIpc) is 2.99. The largest absolute Gasteiger partial charge is 0.454 e. The molecule has 0 bridgehead atoms. The molecule has 7 heteroatoms. The lowest BCUT2D eigenvalue weighted by atomic mass is 10.0. The first-order valence-electron chi connectivity index (χ1n) is 14.2. The van der Waals surface area contributed by atoms with Gasteiger partial charge < -0.3 is 18.9 Å². The highest BCUT2D eigenvalue weighted by atomic mass is 32.2. The topological polar surface area (TPSA) is 71.1 Å². The van der Waals surface area contributed by atoms with Crippen molar-refractivity contribution in [2.24, 2.45) is 0 Å². The molecule has 0 N–H and O–H groups in total. The molecule has 0 saturated heterocycles. The fourth-order valence-electron chi connectivity index (χ4n) is 4.23. The Morgan fingerprint density at radius 1 is 0.628 bits per heavy atom. The molecule has 0 saturated carbocycles. The summed E-state index contributed by atoms with van der Waals surface area (Å²) < 4.78 is 23.3. The van der Waals surface area contributed by atoms with Crippen LogP contribution in [0.2, 0.25) is 0 Å². The molecule has 2 unspecified atom stereocenters. The number of hydrogen-bond acceptors (Lipinski definition) is 7. The van der Waals surface area contributed by atoms with Crippen LogP contribution in [-0.2, 0) is 44.7 Å². The lowest BCUT2D eigenvalue weighted by Gasteiger charge is -2.23. The molecule has 0 aliphatic heterocycles. The first kappa shape index (κ1) is 35.0. The fraction of sp³-hybridized carbons (Fsp3) is 0.278. The Kier molecular flexibility index (Phi) is 14.9. The zero-order valence-corrected chi connectivity index (χ0v) is 26.1. The van der Waals surface area contributed by atoms with Gasteiger partial charge in [0, 0.05) is 34.8 Å². The van der Waals surface area contributed by atoms with Crippen molar-refractivity contribution < 1.29 is 28.5 Å². The molecule has 0 aromatic heterocycles. The molecule has 2 atom stereocenters. The number of benzene rings is 2. The molecule has 2 rings (SSSR count). The second kappa shape index (κ2) is 18.3. The molecule has 0 radical (unpaired) electrons. The first-order chi connectivity index (χ1) is 20.8. The normalized spacial score (nSPS) is 11.8. The number of hydrogen-bond donors (Lipinski definition) is 0. The SMILES string of the molecule is C=CCc1cc(Sc2cc(CC=C)c(OC(CC)OC(=O)C=C)c(CC=C)c2)cc(CC=C)c1OC(CC)OC(=O)C=C. The second-order valence-corrected chi connectivity index (χ2v) is 10.6. The predicted octanol–water partition coefficient (Wildman–Crippen LogP) is 8.44. The number of ether oxygens (including phenoxy) is 4. The van der Waals surface area contributed by atoms with Gasteiger partial charge in [-0.25, -0.2) is 9.59 Å². The molecule has 0 spiro atoms. The van der Waals surface area contributed by atoms with Gasteiger partial charge in [0.25, 0.3) is 0 Å². The molecule has 0 aliphatic rings. The molecular weight excluding hydrogens is 560 g/mol. The van der Waals surface area contributed by atoms with Gasteiger partial charge in [-0.15, -0.1) is 26.3 Å². The van der Waals surface area contributed by atoms with E-state index in [9.17, 15) is 9.59 Å². The standard InChI is InChI=1S/C36H42O6S/c1-9-17-25-21-29(22-26(18-10-2)35(25)41-33(15-7)39-31(37)13-5)43-30-23-27(19-11-3)36(28(24-30)20-12-4)42-34(16-8)40-32(38)14-6/h9-14,21-24,33-34H,1-6,15-20H2,7-8H3. The van der Waals surface area contributed by atoms with Crippen molar-refractivity contribution in [2.75, 3.05) is 0 Å². The lowest BCUT2D eigenvalue weighted by Crippen LogP contribution is -2.23. The van der Waals surface area contributed by atoms with E-state index in [1.807, 2.05) is 38.2 Å². The van der Waals surface area contributed by atoms with Crippen LogP contribution in [0, 0.1) is 0 Å². The van der Waals surface area contributed by atoms with Crippen LogP contribution in [0.5, 0.6) is 11.5 Å². The zero-order valence-electron chi connectivity index (χ0n) is 25.3. The monoisotopic (exact) mass is 602 g/mol. The number of esters is 2. The minimum absolute atomic E-state index is 0.468. The molecule has 228 valence electrons. The Morgan fingerprint density at radius 3 is 1.16 bits per heavy atom. The minimum atomic E-state index is -0.760. The Hall–Kier alpha value is -4.23. The summed E-state index contributed by atoms with van der Waals surface area (Å²) in [6.07, 6.45) is 11.1. The maximum Gasteiger partial charge on any atom is 0.333 e. The van der Waals surface area contributed by atoms with Crippen molar-refractivity contribution >= 4 is 23.7 Å². The maximum absolute atomic E-state index is 11.9. The van der Waals surface area contributed by atoms with E-state index in [1.54, 1.807) is 11.8 Å². The van der Waals surface area contributed by atoms with Crippen molar-refractivity contribution in [3.8, 4) is 11.5 Å². The van der Waals surface area contributed by atoms with E-state index in [4.69, 9.17) is 18.9 Å². The first-order valence-corrected chi connectivity index (χ1v) is 15.0. The van der Waals surface area contributed by atoms with Crippen LogP contribution >= 0.6 is 11.8 Å². The number of rotatable bonds is 20. The molecule has 6 nitrogen and oxygen atoms in total. The second-order valence-electron chi connectivity index (χ2n) is 9.41. The third kappa shape index (κ3) is 10.5. The summed E-state index contributed by atoms with van der Waals surface area (Å²) in [6, 6.07) is 8.23. The van der Waals surface area contributed by atoms with Gasteiger partial charge in [0.2, 0.25) is 12.6 Å². The summed E-state index contributed by atoms with van der Waals surface area (Å²) in [7, 11) is 0. The molecular formula is C36H42O6S. The van der Waals surface area contributed by atoms with Gasteiger partial charge in [0.15, 0.2) is 0 Å². The summed E-state index contributed by atoms with van der Waals surface area (Å²) in [6.45, 7) is 26.4. The highest BCUT2D eigenvalue weighted by molar-refractivity contribution is 7.99. The number of allylic oxidation sites excluding steroid dienone is 4. The Balaban J connectivity index is 2.58. The molecule has 0 heterocycles. The third-order valence-electron chi connectivity index (χ3n) is 6.12. The van der Waals surface area contributed by atoms with E-state index >= 15 is 0 Å². The van der Waals surface area contributed by atoms with Gasteiger partial charge in [0.05, 0.1) is 0 Å². The van der Waals surface area contributed by atoms with E-state index in [1.165, 1.54) is 0 Å². The van der Waals surface area contributed by atoms with Crippen molar-refractivity contribution in [1.82, 2.24) is 0 Å². The van der Waals surface area contributed by atoms with Crippen LogP contribution in [-0.4, -0.2) is 24.5 Å². The third-order valence-corrected chi connectivity index (χ3v) is 7.06. The van der Waals surface area contributed by atoms with Crippen molar-refractivity contribution in [3.05, 3.63) is 122 Å². The lowest BCUT2D eigenvalue weighted by molar-refractivity contribution is -0.158. The predicted molar refractivity (Wildman–Crippen MR) is 175 cm³/mol. The Labute approximate surface area is 260 Å². The minimum Gasteiger partial charge on any atom is -0.454 e. The van der Waals surface area contributed by atoms with Gasteiger partial charge in [-0.1, -0.05) is 63.1 Å². The van der Waals surface area contributed by atoms with Crippen LogP contribution in [0.4, 0.5) is 0 Å². The van der Waals surface area contributed by atoms with Gasteiger partial charge in [0.1, 0.15) is 11.5 Å². The number of carbonyl (C=O) groups excluding carboxylic acids is 2. The molecule has 43 heavy (non-hydrogen) atoms. The van der Waals surface area contributed by atoms with E-state index in [2.05, 4.69) is 63.7 Å². The quantitative estimate of drug-likeness (QED) is 0.0652. The van der Waals surface area contributed by atoms with Crippen LogP contribution < -0.4 is 9.47 Å². The van der Waals surface area contributed by atoms with Crippen LogP contribution in [0.1, 0.15) is 48.9 Å². The van der Waals surface area contributed by atoms with Crippen molar-refractivity contribution in [1.29, 1.82) is 0 Å². The van der Waals surface area contributed by atoms with E-state index in [0.717, 1.165) is 44.2 Å². The summed E-state index contributed by atoms with van der Waals surface area (Å²) in [5, 5.41) is 0. The van der Waals surface area contributed by atoms with E-state index < -0.39 is 24.5 Å². The highest BCUT2D eigenvalue weighted by Crippen LogP contribution is 2.39. The van der Waals surface area contributed by atoms with Gasteiger partial charge in [-0.2, -0.15) is 0 Å². The number of carbonyl (C=O) groups is 2. The van der Waals surface area contributed by atoms with Crippen molar-refractivity contribution in [3.63, 3.8) is 0 Å². The zero-order chi connectivity index (χ0) is 31.8. The highest BCUT2D eigenvalue weighted by Gasteiger charge is 2.21. The van der Waals surface area contributed by atoms with Crippen LogP contribution in [0.25, 0.3) is 0 Å². The van der Waals surface area contributed by atoms with Gasteiger partial charge in [-0.05, 0) is 72.2 Å². The summed E-state index contributed by atoms with van der Waals surface area (Å²) in [4.78, 5) is 25.7. The van der Waals surface area contributed by atoms with E-state index in [0.29, 0.717) is 50.0 Å². The molecule has 0 fully saturated rings. The summed E-state index contributed by atoms with van der Waals surface area (Å²) in [5.74, 6) is 0.209. The molecule has 2 aromatic rings. The van der Waals surface area contributed by atoms with Crippen LogP contribution in [0.15, 0.2) is 110 Å². The van der Waals surface area contributed by atoms with Gasteiger partial charge in [-0.3, -0.25) is 0 Å². The fourth-order valence-corrected chi connectivity index (χ4v) is 5.31. The maximum atomic E-state index is 11.9. The van der Waals surface area contributed by atoms with Crippen LogP contribution in [0.3, 0.4) is 0 Å². The molecule has 2 aromatic carbocycles. The van der Waals surface area contributed by atoms with E-state index in [-0.39, 0.29) is 0 Å². The van der Waals surface area contributed by atoms with Crippen molar-refractivity contribution in [2.45, 2.75) is 74.7 Å². The van der Waals surface area contributed by atoms with Gasteiger partial charge >= 0.3 is 11.9 Å². The molecule has 0 aliphatic carbocycles. The average molecular weight is 603 g/mol.